The zero-order valence-corrected chi connectivity index (χ0v) is 13.5. The molecule has 0 atom stereocenters. The minimum absolute atomic E-state index is 0.0428. The van der Waals surface area contributed by atoms with Gasteiger partial charge in [0.2, 0.25) is 5.91 Å². The maximum Gasteiger partial charge on any atom is 0.224 e. The van der Waals surface area contributed by atoms with Crippen LogP contribution in [-0.4, -0.2) is 43.0 Å². The van der Waals surface area contributed by atoms with Crippen LogP contribution >= 0.6 is 22.7 Å². The van der Waals surface area contributed by atoms with Gasteiger partial charge in [-0.2, -0.15) is 0 Å². The van der Waals surface area contributed by atoms with Crippen LogP contribution in [0.4, 0.5) is 0 Å². The van der Waals surface area contributed by atoms with Crippen LogP contribution in [0, 0.1) is 0 Å². The molecule has 0 aliphatic carbocycles. The Morgan fingerprint density at radius 2 is 2.32 bits per heavy atom. The second-order valence-corrected chi connectivity index (χ2v) is 6.50. The maximum atomic E-state index is 12.1. The van der Waals surface area contributed by atoms with Crippen LogP contribution in [-0.2, 0) is 17.9 Å². The third kappa shape index (κ3) is 3.55. The Kier molecular flexibility index (Phi) is 4.54. The lowest BCUT2D eigenvalue weighted by Crippen LogP contribution is -2.27. The first kappa shape index (κ1) is 14.8. The fourth-order valence-corrected chi connectivity index (χ4v) is 3.53. The second-order valence-electron chi connectivity index (χ2n) is 4.69. The summed E-state index contributed by atoms with van der Waals surface area (Å²) >= 11 is 3.27. The zero-order valence-electron chi connectivity index (χ0n) is 11.9. The highest BCUT2D eigenvalue weighted by Gasteiger charge is 2.12. The van der Waals surface area contributed by atoms with Gasteiger partial charge in [0.05, 0.1) is 23.7 Å². The van der Waals surface area contributed by atoms with E-state index >= 15 is 0 Å². The van der Waals surface area contributed by atoms with Crippen molar-refractivity contribution in [2.75, 3.05) is 7.05 Å². The van der Waals surface area contributed by atoms with Crippen LogP contribution < -0.4 is 0 Å². The van der Waals surface area contributed by atoms with E-state index in [1.807, 2.05) is 22.9 Å². The fraction of sp³-hybridized carbons (Fsp3) is 0.308. The molecule has 0 radical (unpaired) electrons. The lowest BCUT2D eigenvalue weighted by Gasteiger charge is -2.15. The summed E-state index contributed by atoms with van der Waals surface area (Å²) in [5, 5.41) is 15.9. The first-order valence-corrected chi connectivity index (χ1v) is 8.41. The van der Waals surface area contributed by atoms with E-state index in [9.17, 15) is 4.79 Å². The monoisotopic (exact) mass is 334 g/mol. The minimum Gasteiger partial charge on any atom is -0.340 e. The number of thiophene rings is 1. The number of nitrogens with zero attached hydrogens (tertiary/aromatic N) is 6. The largest absolute Gasteiger partial charge is 0.340 e. The van der Waals surface area contributed by atoms with Gasteiger partial charge in [0.15, 0.2) is 0 Å². The smallest absolute Gasteiger partial charge is 0.224 e. The summed E-state index contributed by atoms with van der Waals surface area (Å²) in [4.78, 5) is 19.5. The van der Waals surface area contributed by atoms with Crippen molar-refractivity contribution >= 4 is 28.6 Å². The Labute approximate surface area is 135 Å². The van der Waals surface area contributed by atoms with E-state index in [0.29, 0.717) is 19.5 Å². The molecule has 0 saturated carbocycles. The normalized spacial score (nSPS) is 10.8. The van der Waals surface area contributed by atoms with Crippen molar-refractivity contribution in [2.24, 2.45) is 0 Å². The predicted octanol–water partition coefficient (Wildman–Crippen LogP) is 1.91. The van der Waals surface area contributed by atoms with E-state index in [1.54, 1.807) is 39.3 Å². The minimum atomic E-state index is 0.0428. The predicted molar refractivity (Wildman–Crippen MR) is 84.3 cm³/mol. The lowest BCUT2D eigenvalue weighted by molar-refractivity contribution is -0.130. The molecule has 0 unspecified atom stereocenters. The topological polar surface area (TPSA) is 76.8 Å². The van der Waals surface area contributed by atoms with Gasteiger partial charge in [-0.05, 0) is 21.9 Å². The maximum absolute atomic E-state index is 12.1. The molecule has 22 heavy (non-hydrogen) atoms. The van der Waals surface area contributed by atoms with Crippen LogP contribution in [0.2, 0.25) is 0 Å². The summed E-state index contributed by atoms with van der Waals surface area (Å²) in [6.45, 7) is 0.990. The molecular formula is C13H14N6OS2. The first-order valence-electron chi connectivity index (χ1n) is 6.65. The number of tetrazole rings is 1. The Hall–Kier alpha value is -2.13. The quantitative estimate of drug-likeness (QED) is 0.688. The van der Waals surface area contributed by atoms with Gasteiger partial charge in [-0.3, -0.25) is 4.79 Å². The van der Waals surface area contributed by atoms with E-state index in [4.69, 9.17) is 0 Å². The number of aryl methyl sites for hydroxylation is 1. The molecule has 0 saturated heterocycles. The molecule has 0 aromatic carbocycles. The van der Waals surface area contributed by atoms with Gasteiger partial charge in [0.1, 0.15) is 11.3 Å². The van der Waals surface area contributed by atoms with Crippen molar-refractivity contribution in [3.05, 3.63) is 34.9 Å². The highest BCUT2D eigenvalue weighted by molar-refractivity contribution is 7.20. The summed E-state index contributed by atoms with van der Waals surface area (Å²) < 4.78 is 1.55. The molecule has 0 spiro atoms. The van der Waals surface area contributed by atoms with Gasteiger partial charge >= 0.3 is 0 Å². The number of carbonyl (C=O) groups is 1. The van der Waals surface area contributed by atoms with Crippen LogP contribution in [0.1, 0.15) is 12.1 Å². The van der Waals surface area contributed by atoms with Crippen molar-refractivity contribution in [1.82, 2.24) is 30.1 Å². The van der Waals surface area contributed by atoms with Crippen molar-refractivity contribution in [2.45, 2.75) is 19.5 Å². The van der Waals surface area contributed by atoms with Crippen molar-refractivity contribution in [3.63, 3.8) is 0 Å². The third-order valence-electron chi connectivity index (χ3n) is 3.05. The van der Waals surface area contributed by atoms with Gasteiger partial charge < -0.3 is 4.90 Å². The Morgan fingerprint density at radius 1 is 1.41 bits per heavy atom. The second kappa shape index (κ2) is 6.75. The van der Waals surface area contributed by atoms with Gasteiger partial charge in [0.25, 0.3) is 0 Å². The van der Waals surface area contributed by atoms with Crippen LogP contribution in [0.25, 0.3) is 9.88 Å². The molecule has 3 aromatic rings. The number of carbonyl (C=O) groups excluding carboxylic acids is 1. The molecule has 0 aliphatic rings. The Morgan fingerprint density at radius 3 is 3.05 bits per heavy atom. The number of hydrogen-bond acceptors (Lipinski definition) is 7. The summed E-state index contributed by atoms with van der Waals surface area (Å²) in [6, 6.07) is 4.06. The SMILES string of the molecule is CN(Cc1csc(-c2cccs2)n1)C(=O)CCn1cnnn1. The molecule has 1 amide bonds. The van der Waals surface area contributed by atoms with Gasteiger partial charge in [0, 0.05) is 18.8 Å². The summed E-state index contributed by atoms with van der Waals surface area (Å²) in [5.41, 5.74) is 0.909. The van der Waals surface area contributed by atoms with Gasteiger partial charge in [-0.15, -0.1) is 27.8 Å². The molecule has 7 nitrogen and oxygen atoms in total. The molecule has 3 heterocycles. The average molecular weight is 334 g/mol. The lowest BCUT2D eigenvalue weighted by atomic mass is 10.3. The van der Waals surface area contributed by atoms with Gasteiger partial charge in [-0.1, -0.05) is 6.07 Å². The Balaban J connectivity index is 1.54. The molecule has 0 bridgehead atoms. The highest BCUT2D eigenvalue weighted by Crippen LogP contribution is 2.28. The number of hydrogen-bond donors (Lipinski definition) is 0. The summed E-state index contributed by atoms with van der Waals surface area (Å²) in [6.07, 6.45) is 1.87. The fourth-order valence-electron chi connectivity index (χ4n) is 1.91. The molecule has 9 heteroatoms. The van der Waals surface area contributed by atoms with Crippen LogP contribution in [0.15, 0.2) is 29.2 Å². The number of amides is 1. The standard InChI is InChI=1S/C13H14N6OS2/c1-18(12(20)4-5-19-9-14-16-17-19)7-10-8-22-13(15-10)11-3-2-6-21-11/h2-3,6,8-9H,4-5,7H2,1H3. The van der Waals surface area contributed by atoms with E-state index in [1.165, 1.54) is 6.33 Å². The van der Waals surface area contributed by atoms with E-state index in [2.05, 4.69) is 20.5 Å². The number of rotatable bonds is 6. The molecule has 114 valence electrons. The summed E-state index contributed by atoms with van der Waals surface area (Å²) in [7, 11) is 1.78. The molecule has 0 aliphatic heterocycles. The summed E-state index contributed by atoms with van der Waals surface area (Å²) in [5.74, 6) is 0.0428. The van der Waals surface area contributed by atoms with Crippen molar-refractivity contribution in [1.29, 1.82) is 0 Å². The third-order valence-corrected chi connectivity index (χ3v) is 4.99. The molecule has 0 fully saturated rings. The first-order chi connectivity index (χ1) is 10.7. The van der Waals surface area contributed by atoms with Crippen LogP contribution in [0.5, 0.6) is 0 Å². The van der Waals surface area contributed by atoms with Gasteiger partial charge in [-0.25, -0.2) is 9.67 Å². The molecule has 3 rings (SSSR count). The Bertz CT molecular complexity index is 722. The van der Waals surface area contributed by atoms with Crippen molar-refractivity contribution in [3.8, 4) is 9.88 Å². The van der Waals surface area contributed by atoms with Crippen molar-refractivity contribution < 1.29 is 4.79 Å². The van der Waals surface area contributed by atoms with E-state index in [-0.39, 0.29) is 5.91 Å². The van der Waals surface area contributed by atoms with E-state index < -0.39 is 0 Å². The molecular weight excluding hydrogens is 320 g/mol. The highest BCUT2D eigenvalue weighted by atomic mass is 32.1. The molecule has 0 N–H and O–H groups in total. The zero-order chi connectivity index (χ0) is 15.4. The van der Waals surface area contributed by atoms with Crippen LogP contribution in [0.3, 0.4) is 0 Å². The van der Waals surface area contributed by atoms with E-state index in [0.717, 1.165) is 15.6 Å². The molecule has 3 aromatic heterocycles. The number of thiazole rings is 1. The average Bonchev–Trinajstić information content (AvgIpc) is 3.25. The number of aromatic nitrogens is 5.